The van der Waals surface area contributed by atoms with Gasteiger partial charge in [0.05, 0.1) is 18.0 Å². The molecule has 0 saturated heterocycles. The fourth-order valence-corrected chi connectivity index (χ4v) is 3.42. The van der Waals surface area contributed by atoms with Gasteiger partial charge in [0.2, 0.25) is 10.0 Å². The Morgan fingerprint density at radius 2 is 1.67 bits per heavy atom. The van der Waals surface area contributed by atoms with Crippen LogP contribution in [0.3, 0.4) is 0 Å². The Morgan fingerprint density at radius 1 is 1.08 bits per heavy atom. The zero-order valence-corrected chi connectivity index (χ0v) is 14.3. The number of methoxy groups -OCH3 is 1. The highest BCUT2D eigenvalue weighted by molar-refractivity contribution is 7.89. The van der Waals surface area contributed by atoms with Crippen LogP contribution in [0, 0.1) is 6.92 Å². The Kier molecular flexibility index (Phi) is 5.71. The molecule has 7 heteroatoms. The fourth-order valence-electron chi connectivity index (χ4n) is 2.22. The molecule has 128 valence electrons. The van der Waals surface area contributed by atoms with Crippen molar-refractivity contribution < 1.29 is 17.9 Å². The van der Waals surface area contributed by atoms with E-state index in [2.05, 4.69) is 4.72 Å². The summed E-state index contributed by atoms with van der Waals surface area (Å²) in [6.45, 7) is 1.85. The molecule has 2 atom stereocenters. The maximum Gasteiger partial charge on any atom is 0.325 e. The van der Waals surface area contributed by atoms with E-state index >= 15 is 0 Å². The third-order valence-electron chi connectivity index (χ3n) is 3.61. The first-order valence-electron chi connectivity index (χ1n) is 7.32. The number of nitrogens with one attached hydrogen (secondary N) is 1. The minimum absolute atomic E-state index is 0.0577. The Bertz CT molecular complexity index is 789. The lowest BCUT2D eigenvalue weighted by molar-refractivity contribution is -0.143. The maximum absolute atomic E-state index is 12.5. The van der Waals surface area contributed by atoms with Gasteiger partial charge in [-0.2, -0.15) is 4.72 Å². The van der Waals surface area contributed by atoms with Crippen molar-refractivity contribution in [3.8, 4) is 0 Å². The van der Waals surface area contributed by atoms with E-state index in [-0.39, 0.29) is 4.90 Å². The molecule has 0 heterocycles. The van der Waals surface area contributed by atoms with Crippen LogP contribution in [-0.4, -0.2) is 27.5 Å². The number of hydrogen-bond acceptors (Lipinski definition) is 5. The van der Waals surface area contributed by atoms with Gasteiger partial charge in [-0.15, -0.1) is 0 Å². The lowest BCUT2D eigenvalue weighted by Crippen LogP contribution is -2.48. The van der Waals surface area contributed by atoms with Crippen LogP contribution in [0.4, 0.5) is 0 Å². The number of aryl methyl sites for hydroxylation is 1. The number of esters is 1. The van der Waals surface area contributed by atoms with Crippen molar-refractivity contribution in [2.75, 3.05) is 7.11 Å². The van der Waals surface area contributed by atoms with E-state index in [0.29, 0.717) is 5.56 Å². The van der Waals surface area contributed by atoms with Crippen molar-refractivity contribution in [1.82, 2.24) is 4.72 Å². The summed E-state index contributed by atoms with van der Waals surface area (Å²) in [4.78, 5) is 12.1. The first-order valence-corrected chi connectivity index (χ1v) is 8.81. The average Bonchev–Trinajstić information content (AvgIpc) is 2.59. The van der Waals surface area contributed by atoms with Crippen LogP contribution in [0.15, 0.2) is 59.5 Å². The van der Waals surface area contributed by atoms with E-state index < -0.39 is 28.1 Å². The molecule has 0 saturated carbocycles. The molecule has 0 amide bonds. The molecule has 2 rings (SSSR count). The van der Waals surface area contributed by atoms with E-state index in [9.17, 15) is 13.2 Å². The minimum Gasteiger partial charge on any atom is -0.468 e. The number of rotatable bonds is 6. The van der Waals surface area contributed by atoms with Crippen LogP contribution in [0.1, 0.15) is 17.2 Å². The Morgan fingerprint density at radius 3 is 2.21 bits per heavy atom. The molecule has 0 fully saturated rings. The van der Waals surface area contributed by atoms with E-state index in [4.69, 9.17) is 10.5 Å². The summed E-state index contributed by atoms with van der Waals surface area (Å²) >= 11 is 0. The molecular weight excluding hydrogens is 328 g/mol. The van der Waals surface area contributed by atoms with Crippen molar-refractivity contribution in [2.24, 2.45) is 5.73 Å². The Balaban J connectivity index is 2.32. The van der Waals surface area contributed by atoms with E-state index in [1.54, 1.807) is 42.5 Å². The van der Waals surface area contributed by atoms with Crippen LogP contribution >= 0.6 is 0 Å². The standard InChI is InChI=1S/C17H20N2O4S/c1-12-8-10-14(11-9-12)24(21,22)19-16(17(20)23-2)15(18)13-6-4-3-5-7-13/h3-11,15-16,19H,18H2,1-2H3/t15-,16-/m0/s1. The van der Waals surface area contributed by atoms with E-state index in [0.717, 1.165) is 5.56 Å². The summed E-state index contributed by atoms with van der Waals surface area (Å²) in [5, 5.41) is 0. The highest BCUT2D eigenvalue weighted by atomic mass is 32.2. The summed E-state index contributed by atoms with van der Waals surface area (Å²) < 4.78 is 32.1. The van der Waals surface area contributed by atoms with Gasteiger partial charge in [0, 0.05) is 0 Å². The minimum atomic E-state index is -3.92. The van der Waals surface area contributed by atoms with Crippen LogP contribution in [0.5, 0.6) is 0 Å². The highest BCUT2D eigenvalue weighted by Gasteiger charge is 2.32. The van der Waals surface area contributed by atoms with Crippen LogP contribution < -0.4 is 10.5 Å². The zero-order chi connectivity index (χ0) is 17.7. The molecule has 0 aliphatic carbocycles. The maximum atomic E-state index is 12.5. The van der Waals surface area contributed by atoms with Gasteiger partial charge in [0.25, 0.3) is 0 Å². The Hall–Kier alpha value is -2.22. The smallest absolute Gasteiger partial charge is 0.325 e. The molecule has 3 N–H and O–H groups in total. The average molecular weight is 348 g/mol. The molecule has 6 nitrogen and oxygen atoms in total. The topological polar surface area (TPSA) is 98.5 Å². The molecule has 0 radical (unpaired) electrons. The van der Waals surface area contributed by atoms with Gasteiger partial charge in [0.15, 0.2) is 0 Å². The van der Waals surface area contributed by atoms with Crippen LogP contribution in [-0.2, 0) is 19.6 Å². The second-order valence-electron chi connectivity index (χ2n) is 5.37. The number of nitrogens with two attached hydrogens (primary N) is 1. The Labute approximate surface area is 141 Å². The van der Waals surface area contributed by atoms with E-state index in [1.165, 1.54) is 19.2 Å². The molecule has 2 aromatic rings. The van der Waals surface area contributed by atoms with Gasteiger partial charge >= 0.3 is 5.97 Å². The fraction of sp³-hybridized carbons (Fsp3) is 0.235. The third kappa shape index (κ3) is 4.19. The SMILES string of the molecule is COC(=O)[C@@H](NS(=O)(=O)c1ccc(C)cc1)[C@@H](N)c1ccccc1. The molecular formula is C17H20N2O4S. The van der Waals surface area contributed by atoms with Crippen molar-refractivity contribution in [3.63, 3.8) is 0 Å². The second-order valence-corrected chi connectivity index (χ2v) is 7.09. The predicted molar refractivity (Wildman–Crippen MR) is 90.7 cm³/mol. The molecule has 0 unspecified atom stereocenters. The molecule has 0 aromatic heterocycles. The second kappa shape index (κ2) is 7.57. The largest absolute Gasteiger partial charge is 0.468 e. The van der Waals surface area contributed by atoms with Gasteiger partial charge in [0.1, 0.15) is 6.04 Å². The molecule has 0 aliphatic rings. The molecule has 0 bridgehead atoms. The first-order chi connectivity index (χ1) is 11.3. The van der Waals surface area contributed by atoms with Crippen molar-refractivity contribution in [2.45, 2.75) is 23.9 Å². The zero-order valence-electron chi connectivity index (χ0n) is 13.5. The quantitative estimate of drug-likeness (QED) is 0.771. The number of hydrogen-bond donors (Lipinski definition) is 2. The molecule has 24 heavy (non-hydrogen) atoms. The summed E-state index contributed by atoms with van der Waals surface area (Å²) in [7, 11) is -2.73. The lowest BCUT2D eigenvalue weighted by Gasteiger charge is -2.23. The molecule has 2 aromatic carbocycles. The summed E-state index contributed by atoms with van der Waals surface area (Å²) in [6, 6.07) is 13.0. The predicted octanol–water partition coefficient (Wildman–Crippen LogP) is 1.51. The number of benzene rings is 2. The monoisotopic (exact) mass is 348 g/mol. The van der Waals surface area contributed by atoms with Gasteiger partial charge in [-0.05, 0) is 24.6 Å². The van der Waals surface area contributed by atoms with Crippen molar-refractivity contribution in [1.29, 1.82) is 0 Å². The third-order valence-corrected chi connectivity index (χ3v) is 5.07. The van der Waals surface area contributed by atoms with Crippen molar-refractivity contribution >= 4 is 16.0 Å². The van der Waals surface area contributed by atoms with Gasteiger partial charge < -0.3 is 10.5 Å². The van der Waals surface area contributed by atoms with Crippen LogP contribution in [0.25, 0.3) is 0 Å². The number of sulfonamides is 1. The van der Waals surface area contributed by atoms with Gasteiger partial charge in [-0.25, -0.2) is 8.42 Å². The van der Waals surface area contributed by atoms with Gasteiger partial charge in [-0.3, -0.25) is 4.79 Å². The van der Waals surface area contributed by atoms with Crippen molar-refractivity contribution in [3.05, 3.63) is 65.7 Å². The van der Waals surface area contributed by atoms with Crippen LogP contribution in [0.2, 0.25) is 0 Å². The molecule has 0 aliphatic heterocycles. The highest BCUT2D eigenvalue weighted by Crippen LogP contribution is 2.18. The summed E-state index contributed by atoms with van der Waals surface area (Å²) in [5.74, 6) is -0.748. The summed E-state index contributed by atoms with van der Waals surface area (Å²) in [6.07, 6.45) is 0. The number of carbonyl (C=O) groups is 1. The lowest BCUT2D eigenvalue weighted by atomic mass is 10.0. The normalized spacial score (nSPS) is 14.0. The first kappa shape index (κ1) is 18.1. The number of carbonyl (C=O) groups excluding carboxylic acids is 1. The summed E-state index contributed by atoms with van der Waals surface area (Å²) in [5.41, 5.74) is 7.65. The molecule has 0 spiro atoms. The van der Waals surface area contributed by atoms with E-state index in [1.807, 2.05) is 6.92 Å². The van der Waals surface area contributed by atoms with Gasteiger partial charge in [-0.1, -0.05) is 48.0 Å². The number of ether oxygens (including phenoxy) is 1.